The van der Waals surface area contributed by atoms with Crippen molar-refractivity contribution in [1.82, 2.24) is 24.4 Å². The van der Waals surface area contributed by atoms with Gasteiger partial charge < -0.3 is 9.26 Å². The Bertz CT molecular complexity index is 1330. The van der Waals surface area contributed by atoms with Crippen LogP contribution in [0.1, 0.15) is 18.2 Å². The second kappa shape index (κ2) is 10.5. The molecule has 0 aliphatic carbocycles. The van der Waals surface area contributed by atoms with E-state index in [2.05, 4.69) is 30.1 Å². The molecule has 1 fully saturated rings. The summed E-state index contributed by atoms with van der Waals surface area (Å²) in [6, 6.07) is 5.69. The molecule has 1 aliphatic rings. The number of aromatic amines is 1. The number of hydrogen-bond donors (Lipinski definition) is 3. The number of rotatable bonds is 9. The Morgan fingerprint density at radius 3 is 2.83 bits per heavy atom. The summed E-state index contributed by atoms with van der Waals surface area (Å²) < 4.78 is 32.1. The summed E-state index contributed by atoms with van der Waals surface area (Å²) in [6.07, 6.45) is 5.87. The number of ether oxygens (including phenoxy) is 1. The number of pyridine rings is 2. The molecule has 15 heteroatoms. The van der Waals surface area contributed by atoms with Crippen molar-refractivity contribution in [3.8, 4) is 5.75 Å². The van der Waals surface area contributed by atoms with Gasteiger partial charge in [0.15, 0.2) is 6.04 Å². The molecular weight excluding hydrogens is 479 g/mol. The van der Waals surface area contributed by atoms with Crippen molar-refractivity contribution in [2.24, 2.45) is 5.11 Å². The zero-order valence-electron chi connectivity index (χ0n) is 18.5. The normalized spacial score (nSPS) is 21.0. The lowest BCUT2D eigenvalue weighted by atomic mass is 10.1. The first-order valence-electron chi connectivity index (χ1n) is 10.4. The number of nitrogens with zero attached hydrogens (tertiary/aromatic N) is 5. The fourth-order valence-electron chi connectivity index (χ4n) is 3.41. The summed E-state index contributed by atoms with van der Waals surface area (Å²) in [7, 11) is -4.01. The largest absolute Gasteiger partial charge is 0.486 e. The summed E-state index contributed by atoms with van der Waals surface area (Å²) in [4.78, 5) is 37.2. The first-order valence-corrected chi connectivity index (χ1v) is 12.0. The SMILES string of the molecule is Cc1cn(C2CC(N=[N+]=N)C(COP(=O)(Nc3ccncc3)Oc3cccnc3)O2)c(=O)[nH]c1=O. The lowest BCUT2D eigenvalue weighted by molar-refractivity contribution is -0.0237. The van der Waals surface area contributed by atoms with Crippen LogP contribution in [0.5, 0.6) is 5.75 Å². The van der Waals surface area contributed by atoms with Gasteiger partial charge in [0.05, 0.1) is 12.8 Å². The van der Waals surface area contributed by atoms with Crippen LogP contribution in [0, 0.1) is 12.5 Å². The molecule has 182 valence electrons. The summed E-state index contributed by atoms with van der Waals surface area (Å²) >= 11 is 0. The summed E-state index contributed by atoms with van der Waals surface area (Å²) in [6.45, 7) is 1.29. The van der Waals surface area contributed by atoms with Crippen molar-refractivity contribution in [2.45, 2.75) is 31.7 Å². The molecule has 35 heavy (non-hydrogen) atoms. The maximum absolute atomic E-state index is 13.6. The third kappa shape index (κ3) is 5.94. The van der Waals surface area contributed by atoms with Crippen molar-refractivity contribution in [3.05, 3.63) is 81.7 Å². The number of hydrogen-bond acceptors (Lipinski definition) is 10. The molecule has 3 aromatic rings. The molecular formula is C20H22N8O6P+. The van der Waals surface area contributed by atoms with E-state index < -0.39 is 37.4 Å². The summed E-state index contributed by atoms with van der Waals surface area (Å²) in [5, 5.41) is 6.59. The van der Waals surface area contributed by atoms with Crippen LogP contribution in [0.15, 0.2) is 70.0 Å². The van der Waals surface area contributed by atoms with Crippen LogP contribution in [-0.4, -0.2) is 38.3 Å². The Hall–Kier alpha value is -3.96. The van der Waals surface area contributed by atoms with Gasteiger partial charge in [-0.15, -0.1) is 0 Å². The Morgan fingerprint density at radius 1 is 1.31 bits per heavy atom. The molecule has 4 heterocycles. The van der Waals surface area contributed by atoms with E-state index in [9.17, 15) is 14.2 Å². The molecule has 0 spiro atoms. The fourth-order valence-corrected chi connectivity index (χ4v) is 4.77. The summed E-state index contributed by atoms with van der Waals surface area (Å²) in [5.74, 6) is 0.209. The molecule has 0 amide bonds. The number of aryl methyl sites for hydroxylation is 1. The molecule has 4 unspecified atom stereocenters. The monoisotopic (exact) mass is 501 g/mol. The predicted molar refractivity (Wildman–Crippen MR) is 122 cm³/mol. The first-order chi connectivity index (χ1) is 16.9. The zero-order valence-corrected chi connectivity index (χ0v) is 19.4. The van der Waals surface area contributed by atoms with Crippen LogP contribution in [-0.2, 0) is 13.8 Å². The quantitative estimate of drug-likeness (QED) is 0.224. The summed E-state index contributed by atoms with van der Waals surface area (Å²) in [5.41, 5.74) is 6.74. The van der Waals surface area contributed by atoms with Gasteiger partial charge in [0.25, 0.3) is 5.56 Å². The van der Waals surface area contributed by atoms with Gasteiger partial charge in [-0.3, -0.25) is 33.9 Å². The molecule has 0 radical (unpaired) electrons. The van der Waals surface area contributed by atoms with Gasteiger partial charge >= 0.3 is 13.4 Å². The molecule has 4 rings (SSSR count). The lowest BCUT2D eigenvalue weighted by Crippen LogP contribution is -2.33. The highest BCUT2D eigenvalue weighted by Gasteiger charge is 2.42. The van der Waals surface area contributed by atoms with Gasteiger partial charge in [-0.1, -0.05) is 0 Å². The predicted octanol–water partition coefficient (Wildman–Crippen LogP) is 2.16. The highest BCUT2D eigenvalue weighted by molar-refractivity contribution is 7.55. The fraction of sp³-hybridized carbons (Fsp3) is 0.300. The molecule has 0 bridgehead atoms. The van der Waals surface area contributed by atoms with Gasteiger partial charge in [0, 0.05) is 42.5 Å². The van der Waals surface area contributed by atoms with Gasteiger partial charge in [-0.25, -0.2) is 9.36 Å². The van der Waals surface area contributed by atoms with Gasteiger partial charge in [-0.05, 0) is 31.2 Å². The zero-order chi connectivity index (χ0) is 24.8. The third-order valence-corrected chi connectivity index (χ3v) is 6.55. The molecule has 3 aromatic heterocycles. The van der Waals surface area contributed by atoms with E-state index in [0.717, 1.165) is 0 Å². The van der Waals surface area contributed by atoms with Gasteiger partial charge in [0.1, 0.15) is 28.7 Å². The smallest absolute Gasteiger partial charge is 0.407 e. The second-order valence-corrected chi connectivity index (χ2v) is 9.21. The lowest BCUT2D eigenvalue weighted by Gasteiger charge is -2.22. The van der Waals surface area contributed by atoms with Crippen molar-refractivity contribution in [1.29, 1.82) is 5.53 Å². The van der Waals surface area contributed by atoms with E-state index in [0.29, 0.717) is 11.3 Å². The topological polar surface area (TPSA) is 188 Å². The second-order valence-electron chi connectivity index (χ2n) is 7.55. The molecule has 1 saturated heterocycles. The highest BCUT2D eigenvalue weighted by Crippen LogP contribution is 2.48. The minimum absolute atomic E-state index is 0.174. The van der Waals surface area contributed by atoms with Crippen LogP contribution in [0.2, 0.25) is 0 Å². The van der Waals surface area contributed by atoms with Crippen LogP contribution < -0.4 is 25.8 Å². The minimum Gasteiger partial charge on any atom is -0.407 e. The number of anilines is 1. The minimum atomic E-state index is -4.01. The number of H-pyrrole nitrogens is 1. The molecule has 3 N–H and O–H groups in total. The van der Waals surface area contributed by atoms with E-state index in [4.69, 9.17) is 19.3 Å². The molecule has 1 aliphatic heterocycles. The molecule has 14 nitrogen and oxygen atoms in total. The van der Waals surface area contributed by atoms with E-state index in [1.807, 2.05) is 0 Å². The van der Waals surface area contributed by atoms with Crippen LogP contribution in [0.3, 0.4) is 0 Å². The standard InChI is InChI=1S/C20H21N8O6P/c1-13-11-28(20(30)24-19(13)29)18-9-16(25-27-21)17(33-18)12-32-35(31,26-14-4-7-22-8-5-14)34-15-3-2-6-23-10-15/h2-8,10-11,16-18,21H,9,12H2,1H3,(H-,22,24,26,29,30,31)/p+1. The van der Waals surface area contributed by atoms with E-state index in [1.165, 1.54) is 29.4 Å². The molecule has 4 atom stereocenters. The number of aromatic nitrogens is 4. The molecule has 0 saturated carbocycles. The van der Waals surface area contributed by atoms with E-state index in [1.54, 1.807) is 37.4 Å². The first kappa shape index (κ1) is 24.2. The van der Waals surface area contributed by atoms with Crippen LogP contribution >= 0.6 is 7.75 Å². The van der Waals surface area contributed by atoms with E-state index in [-0.39, 0.29) is 18.8 Å². The Balaban J connectivity index is 1.55. The van der Waals surface area contributed by atoms with Gasteiger partial charge in [-0.2, -0.15) is 0 Å². The maximum atomic E-state index is 13.6. The maximum Gasteiger partial charge on any atom is 0.486 e. The van der Waals surface area contributed by atoms with Gasteiger partial charge in [0.2, 0.25) is 4.91 Å². The van der Waals surface area contributed by atoms with Crippen LogP contribution in [0.25, 0.3) is 0 Å². The van der Waals surface area contributed by atoms with Crippen molar-refractivity contribution >= 4 is 13.4 Å². The Morgan fingerprint density at radius 2 is 2.11 bits per heavy atom. The van der Waals surface area contributed by atoms with Crippen molar-refractivity contribution in [2.75, 3.05) is 11.7 Å². The average molecular weight is 501 g/mol. The van der Waals surface area contributed by atoms with E-state index >= 15 is 0 Å². The average Bonchev–Trinajstić information content (AvgIpc) is 3.24. The Kier molecular flexibility index (Phi) is 7.28. The third-order valence-electron chi connectivity index (χ3n) is 5.08. The highest BCUT2D eigenvalue weighted by atomic mass is 31.2. The van der Waals surface area contributed by atoms with Crippen LogP contribution in [0.4, 0.5) is 5.69 Å². The van der Waals surface area contributed by atoms with Crippen molar-refractivity contribution in [3.63, 3.8) is 0 Å². The number of nitrogens with one attached hydrogen (secondary N) is 3. The molecule has 0 aromatic carbocycles. The Labute approximate surface area is 198 Å². The van der Waals surface area contributed by atoms with Crippen molar-refractivity contribution < 1.29 is 18.3 Å².